The zero-order valence-corrected chi connectivity index (χ0v) is 27.9. The summed E-state index contributed by atoms with van der Waals surface area (Å²) in [7, 11) is -0.993. The second-order valence-corrected chi connectivity index (χ2v) is 13.8. The number of rotatable bonds is 12. The van der Waals surface area contributed by atoms with Crippen LogP contribution in [0.25, 0.3) is 16.6 Å². The van der Waals surface area contributed by atoms with Crippen LogP contribution in [0.3, 0.4) is 0 Å². The lowest BCUT2D eigenvalue weighted by molar-refractivity contribution is -0.138. The molecular weight excluding hydrogens is 655 g/mol. The maximum Gasteiger partial charge on any atom is 0.317 e. The summed E-state index contributed by atoms with van der Waals surface area (Å²) in [6.45, 7) is 2.28. The first kappa shape index (κ1) is 33.6. The second-order valence-electron chi connectivity index (χ2n) is 11.2. The number of aliphatic carboxylic acids is 1. The third-order valence-electron chi connectivity index (χ3n) is 7.89. The number of pyridine rings is 1. The van der Waals surface area contributed by atoms with Crippen LogP contribution in [-0.2, 0) is 26.2 Å². The fourth-order valence-electron chi connectivity index (χ4n) is 5.51. The second kappa shape index (κ2) is 13.9. The number of carbonyl (C=O) groups excluding carboxylic acids is 1. The summed E-state index contributed by atoms with van der Waals surface area (Å²) in [6.07, 6.45) is 6.08. The Morgan fingerprint density at radius 2 is 1.93 bits per heavy atom. The summed E-state index contributed by atoms with van der Waals surface area (Å²) in [4.78, 5) is 36.0. The smallest absolute Gasteiger partial charge is 0.317 e. The highest BCUT2D eigenvalue weighted by Crippen LogP contribution is 2.37. The molecule has 1 aliphatic heterocycles. The van der Waals surface area contributed by atoms with Gasteiger partial charge in [-0.25, -0.2) is 18.4 Å². The molecule has 1 aliphatic rings. The molecule has 1 N–H and O–H groups in total. The first-order valence-electron chi connectivity index (χ1n) is 14.5. The maximum atomic E-state index is 14.0. The molecule has 244 valence electrons. The molecule has 1 atom stereocenters. The van der Waals surface area contributed by atoms with Crippen LogP contribution in [0.2, 0.25) is 10.0 Å². The maximum absolute atomic E-state index is 14.0. The van der Waals surface area contributed by atoms with Crippen molar-refractivity contribution in [1.82, 2.24) is 28.6 Å². The van der Waals surface area contributed by atoms with Crippen molar-refractivity contribution < 1.29 is 27.9 Å². The number of fused-ring (bicyclic) bond motifs is 1. The van der Waals surface area contributed by atoms with Crippen molar-refractivity contribution in [2.45, 2.75) is 37.3 Å². The number of likely N-dealkylation sites (N-methyl/N-ethyl adjacent to an activating group) is 2. The van der Waals surface area contributed by atoms with Gasteiger partial charge in [0.05, 0.1) is 23.6 Å². The highest BCUT2D eigenvalue weighted by atomic mass is 35.5. The van der Waals surface area contributed by atoms with Gasteiger partial charge in [-0.05, 0) is 51.1 Å². The molecule has 1 fully saturated rings. The molecule has 2 aromatic carbocycles. The Kier molecular flexibility index (Phi) is 10.2. The van der Waals surface area contributed by atoms with Crippen molar-refractivity contribution in [3.63, 3.8) is 0 Å². The van der Waals surface area contributed by atoms with E-state index in [0.29, 0.717) is 30.7 Å². The number of sulfonamides is 1. The number of aryl methyl sites for hydroxylation is 1. The Bertz CT molecular complexity index is 1870. The van der Waals surface area contributed by atoms with Crippen LogP contribution in [0, 0.1) is 6.92 Å². The summed E-state index contributed by atoms with van der Waals surface area (Å²) >= 11 is 13.3. The standard InChI is InChI=1S/C31H34Cl2N6O6S/c1-20-16-25(38-13-11-34-19-38)21-6-4-8-26(30(21)35-20)45-18-22-23(32)9-10-27(29(22)33)46(43,44)39-12-5-7-24(39)31(42)37(3)15-14-36(2)17-28(40)41/h4,6,8-11,13,16,19,24H,5,7,12,14-15,17-18H2,1-3H3,(H,40,41)/t24-/m0/s1. The van der Waals surface area contributed by atoms with Gasteiger partial charge in [0.15, 0.2) is 0 Å². The number of hydrogen-bond acceptors (Lipinski definition) is 8. The summed E-state index contributed by atoms with van der Waals surface area (Å²) < 4.78 is 37.2. The van der Waals surface area contributed by atoms with E-state index in [9.17, 15) is 18.0 Å². The van der Waals surface area contributed by atoms with E-state index in [-0.39, 0.29) is 52.7 Å². The summed E-state index contributed by atoms with van der Waals surface area (Å²) in [5.41, 5.74) is 2.54. The molecule has 15 heteroatoms. The average molecular weight is 690 g/mol. The normalized spacial score (nSPS) is 15.5. The van der Waals surface area contributed by atoms with E-state index in [2.05, 4.69) is 4.98 Å². The molecule has 0 saturated carbocycles. The Labute approximate surface area is 277 Å². The lowest BCUT2D eigenvalue weighted by Crippen LogP contribution is -2.48. The van der Waals surface area contributed by atoms with Gasteiger partial charge < -0.3 is 19.3 Å². The number of amides is 1. The largest absolute Gasteiger partial charge is 0.487 e. The quantitative estimate of drug-likeness (QED) is 0.232. The molecule has 0 bridgehead atoms. The monoisotopic (exact) mass is 688 g/mol. The molecule has 2 aromatic heterocycles. The molecule has 0 unspecified atom stereocenters. The van der Waals surface area contributed by atoms with Gasteiger partial charge in [0.25, 0.3) is 0 Å². The van der Waals surface area contributed by atoms with Crippen molar-refractivity contribution >= 4 is 56.0 Å². The van der Waals surface area contributed by atoms with Gasteiger partial charge in [0.1, 0.15) is 28.8 Å². The van der Waals surface area contributed by atoms with Crippen LogP contribution >= 0.6 is 23.2 Å². The zero-order chi connectivity index (χ0) is 33.2. The van der Waals surface area contributed by atoms with Crippen molar-refractivity contribution in [3.8, 4) is 11.4 Å². The Morgan fingerprint density at radius 1 is 1.15 bits per heavy atom. The van der Waals surface area contributed by atoms with Crippen molar-refractivity contribution in [3.05, 3.63) is 76.4 Å². The molecule has 4 aromatic rings. The number of halogens is 2. The van der Waals surface area contributed by atoms with E-state index < -0.39 is 22.0 Å². The Balaban J connectivity index is 1.38. The summed E-state index contributed by atoms with van der Waals surface area (Å²) in [5, 5.41) is 9.95. The third-order valence-corrected chi connectivity index (χ3v) is 10.7. The lowest BCUT2D eigenvalue weighted by atomic mass is 10.1. The van der Waals surface area contributed by atoms with Gasteiger partial charge in [0.2, 0.25) is 15.9 Å². The van der Waals surface area contributed by atoms with E-state index in [1.807, 2.05) is 35.9 Å². The minimum absolute atomic E-state index is 0.0854. The zero-order valence-electron chi connectivity index (χ0n) is 25.6. The van der Waals surface area contributed by atoms with Crippen LogP contribution in [0.5, 0.6) is 5.75 Å². The Hall–Kier alpha value is -3.75. The number of para-hydroxylation sites is 1. The predicted octanol–water partition coefficient (Wildman–Crippen LogP) is 4.24. The van der Waals surface area contributed by atoms with Gasteiger partial charge in [-0.2, -0.15) is 4.31 Å². The number of carbonyl (C=O) groups is 2. The Morgan fingerprint density at radius 3 is 2.65 bits per heavy atom. The topological polar surface area (TPSA) is 138 Å². The lowest BCUT2D eigenvalue weighted by Gasteiger charge is -2.29. The summed E-state index contributed by atoms with van der Waals surface area (Å²) in [5.74, 6) is -0.879. The first-order chi connectivity index (χ1) is 21.9. The highest BCUT2D eigenvalue weighted by molar-refractivity contribution is 7.89. The highest BCUT2D eigenvalue weighted by Gasteiger charge is 2.41. The molecule has 3 heterocycles. The number of ether oxygens (including phenoxy) is 1. The number of hydrogen-bond donors (Lipinski definition) is 1. The molecule has 0 radical (unpaired) electrons. The third kappa shape index (κ3) is 6.98. The van der Waals surface area contributed by atoms with Crippen molar-refractivity contribution in [2.24, 2.45) is 0 Å². The van der Waals surface area contributed by atoms with Crippen molar-refractivity contribution in [2.75, 3.05) is 40.3 Å². The number of nitrogens with zero attached hydrogens (tertiary/aromatic N) is 6. The molecule has 0 spiro atoms. The summed E-state index contributed by atoms with van der Waals surface area (Å²) in [6, 6.07) is 9.36. The fourth-order valence-corrected chi connectivity index (χ4v) is 8.03. The first-order valence-corrected chi connectivity index (χ1v) is 16.7. The van der Waals surface area contributed by atoms with E-state index >= 15 is 0 Å². The predicted molar refractivity (Wildman–Crippen MR) is 174 cm³/mol. The number of carboxylic acids is 1. The van der Waals surface area contributed by atoms with Crippen LogP contribution in [0.15, 0.2) is 60.0 Å². The van der Waals surface area contributed by atoms with Crippen LogP contribution in [0.1, 0.15) is 24.1 Å². The van der Waals surface area contributed by atoms with Gasteiger partial charge in [0, 0.05) is 60.7 Å². The number of imidazole rings is 1. The van der Waals surface area contributed by atoms with Gasteiger partial charge in [-0.15, -0.1) is 0 Å². The number of benzene rings is 2. The van der Waals surface area contributed by atoms with E-state index in [0.717, 1.165) is 16.8 Å². The number of carboxylic acid groups (broad SMARTS) is 1. The van der Waals surface area contributed by atoms with Gasteiger partial charge >= 0.3 is 5.97 Å². The minimum atomic E-state index is -4.21. The van der Waals surface area contributed by atoms with Crippen LogP contribution < -0.4 is 4.74 Å². The minimum Gasteiger partial charge on any atom is -0.487 e. The molecule has 46 heavy (non-hydrogen) atoms. The molecular formula is C31H34Cl2N6O6S. The van der Waals surface area contributed by atoms with Gasteiger partial charge in [-0.3, -0.25) is 14.5 Å². The van der Waals surface area contributed by atoms with Gasteiger partial charge in [-0.1, -0.05) is 35.3 Å². The number of aromatic nitrogens is 3. The SMILES string of the molecule is Cc1cc(-n2ccnc2)c2cccc(OCc3c(Cl)ccc(S(=O)(=O)N4CCC[C@H]4C(=O)N(C)CCN(C)CC(=O)O)c3Cl)c2n1. The molecule has 0 aliphatic carbocycles. The van der Waals surface area contributed by atoms with E-state index in [1.54, 1.807) is 37.6 Å². The molecule has 1 amide bonds. The van der Waals surface area contributed by atoms with Crippen LogP contribution in [-0.4, -0.2) is 100 Å². The van der Waals surface area contributed by atoms with Crippen LogP contribution in [0.4, 0.5) is 0 Å². The average Bonchev–Trinajstić information content (AvgIpc) is 3.72. The fraction of sp³-hybridized carbons (Fsp3) is 0.355. The van der Waals surface area contributed by atoms with Crippen molar-refractivity contribution in [1.29, 1.82) is 0 Å². The van der Waals surface area contributed by atoms with E-state index in [4.69, 9.17) is 38.0 Å². The van der Waals surface area contributed by atoms with E-state index in [1.165, 1.54) is 21.3 Å². The molecule has 1 saturated heterocycles. The molecule has 12 nitrogen and oxygen atoms in total. The molecule has 5 rings (SSSR count).